The zero-order chi connectivity index (χ0) is 25.4. The molecule has 0 spiro atoms. The molecule has 0 amide bonds. The van der Waals surface area contributed by atoms with Crippen molar-refractivity contribution in [1.82, 2.24) is 10.2 Å². The largest absolute Gasteiger partial charge is 0.386 e. The molecule has 4 nitrogen and oxygen atoms in total. The number of aliphatic imine (C=N–C) groups is 2. The predicted octanol–water partition coefficient (Wildman–Crippen LogP) is 6.89. The summed E-state index contributed by atoms with van der Waals surface area (Å²) in [6, 6.07) is 9.18. The average molecular weight is 550 g/mol. The molecule has 1 heterocycles. The van der Waals surface area contributed by atoms with Crippen molar-refractivity contribution in [3.05, 3.63) is 57.3 Å². The fraction of sp³-hybridized carbons (Fsp3) is 0.571. The summed E-state index contributed by atoms with van der Waals surface area (Å²) in [6.07, 6.45) is 7.01. The monoisotopic (exact) mass is 548 g/mol. The fourth-order valence-electron chi connectivity index (χ4n) is 5.17. The first-order valence-electron chi connectivity index (χ1n) is 12.7. The molecule has 1 aliphatic heterocycles. The molecule has 0 radical (unpaired) electrons. The average Bonchev–Trinajstić information content (AvgIpc) is 2.84. The molecule has 0 unspecified atom stereocenters. The van der Waals surface area contributed by atoms with E-state index in [2.05, 4.69) is 63.2 Å². The highest BCUT2D eigenvalue weighted by atomic mass is 79.9. The molecule has 1 saturated carbocycles. The maximum Gasteiger partial charge on any atom is 0.241 e. The zero-order valence-corrected chi connectivity index (χ0v) is 23.0. The molecule has 0 aromatic heterocycles. The molecule has 2 aliphatic rings. The standard InChI is InChI=1S/C28H39BrF2N4/c1-19-7-5-6-8-25(19)27(34-21(3)26(29)18-32-4)17-20(2)33-23-13-15-35(16-14-23)24-11-9-22(10-12-24)28(30)31/h5-8,17-18,22-24,28,33H,9-16H2,1-4H3/b20-17+,26-21-,32-18?,34-27+. The molecule has 192 valence electrons. The molecule has 3 rings (SSSR count). The number of hydrogen-bond donors (Lipinski definition) is 1. The summed E-state index contributed by atoms with van der Waals surface area (Å²) >= 11 is 3.56. The Morgan fingerprint density at radius 2 is 1.74 bits per heavy atom. The molecule has 1 aliphatic carbocycles. The number of rotatable bonds is 8. The van der Waals surface area contributed by atoms with E-state index >= 15 is 0 Å². The lowest BCUT2D eigenvalue weighted by atomic mass is 9.84. The second kappa shape index (κ2) is 13.4. The van der Waals surface area contributed by atoms with Crippen LogP contribution in [0.5, 0.6) is 0 Å². The summed E-state index contributed by atoms with van der Waals surface area (Å²) in [7, 11) is 1.74. The van der Waals surface area contributed by atoms with Gasteiger partial charge in [0, 0.05) is 55.6 Å². The van der Waals surface area contributed by atoms with E-state index in [0.29, 0.717) is 24.9 Å². The highest BCUT2D eigenvalue weighted by Gasteiger charge is 2.32. The van der Waals surface area contributed by atoms with E-state index in [0.717, 1.165) is 65.9 Å². The van der Waals surface area contributed by atoms with Gasteiger partial charge in [0.1, 0.15) is 0 Å². The van der Waals surface area contributed by atoms with Gasteiger partial charge in [0.05, 0.1) is 15.9 Å². The van der Waals surface area contributed by atoms with Crippen LogP contribution in [0, 0.1) is 12.8 Å². The van der Waals surface area contributed by atoms with Gasteiger partial charge in [0.15, 0.2) is 0 Å². The SMILES string of the molecule is CN=C/C(Br)=C(C)/N=C(\C=C(/C)NC1CCN(C2CCC(C(F)F)CC2)CC1)c1ccccc1C. The Balaban J connectivity index is 1.65. The second-order valence-corrected chi connectivity index (χ2v) is 10.7. The van der Waals surface area contributed by atoms with Gasteiger partial charge in [0.25, 0.3) is 0 Å². The number of nitrogens with zero attached hydrogens (tertiary/aromatic N) is 3. The topological polar surface area (TPSA) is 40.0 Å². The minimum atomic E-state index is -2.16. The second-order valence-electron chi connectivity index (χ2n) is 9.82. The highest BCUT2D eigenvalue weighted by molar-refractivity contribution is 9.12. The fourth-order valence-corrected chi connectivity index (χ4v) is 5.46. The number of likely N-dealkylation sites (tertiary alicyclic amines) is 1. The number of nitrogens with one attached hydrogen (secondary N) is 1. The number of piperidine rings is 1. The Hall–Kier alpha value is -1.86. The summed E-state index contributed by atoms with van der Waals surface area (Å²) in [4.78, 5) is 11.5. The molecule has 0 bridgehead atoms. The number of alkyl halides is 2. The van der Waals surface area contributed by atoms with Gasteiger partial charge in [-0.1, -0.05) is 24.3 Å². The van der Waals surface area contributed by atoms with Crippen LogP contribution in [0.1, 0.15) is 63.5 Å². The first-order chi connectivity index (χ1) is 16.8. The molecule has 7 heteroatoms. The van der Waals surface area contributed by atoms with Crippen molar-refractivity contribution in [3.63, 3.8) is 0 Å². The van der Waals surface area contributed by atoms with Gasteiger partial charge in [-0.15, -0.1) is 0 Å². The van der Waals surface area contributed by atoms with Crippen LogP contribution in [0.2, 0.25) is 0 Å². The lowest BCUT2D eigenvalue weighted by Crippen LogP contribution is -2.47. The van der Waals surface area contributed by atoms with Crippen LogP contribution in [0.3, 0.4) is 0 Å². The minimum absolute atomic E-state index is 0.393. The van der Waals surface area contributed by atoms with E-state index in [1.165, 1.54) is 5.56 Å². The predicted molar refractivity (Wildman–Crippen MR) is 147 cm³/mol. The molecule has 1 saturated heterocycles. The van der Waals surface area contributed by atoms with Crippen LogP contribution in [-0.2, 0) is 0 Å². The van der Waals surface area contributed by atoms with Gasteiger partial charge >= 0.3 is 0 Å². The smallest absolute Gasteiger partial charge is 0.241 e. The Labute approximate surface area is 217 Å². The Morgan fingerprint density at radius 3 is 2.34 bits per heavy atom. The van der Waals surface area contributed by atoms with Crippen molar-refractivity contribution in [2.75, 3.05) is 20.1 Å². The maximum absolute atomic E-state index is 13.0. The van der Waals surface area contributed by atoms with Crippen LogP contribution in [0.4, 0.5) is 8.78 Å². The first-order valence-corrected chi connectivity index (χ1v) is 13.5. The van der Waals surface area contributed by atoms with E-state index in [1.54, 1.807) is 13.3 Å². The number of allylic oxidation sites excluding steroid dienone is 4. The van der Waals surface area contributed by atoms with Gasteiger partial charge in [-0.3, -0.25) is 9.98 Å². The number of aryl methyl sites for hydroxylation is 1. The summed E-state index contributed by atoms with van der Waals surface area (Å²) in [6.45, 7) is 8.24. The zero-order valence-electron chi connectivity index (χ0n) is 21.4. The summed E-state index contributed by atoms with van der Waals surface area (Å²) in [5.41, 5.74) is 5.17. The van der Waals surface area contributed by atoms with Gasteiger partial charge in [-0.25, -0.2) is 8.78 Å². The van der Waals surface area contributed by atoms with E-state index in [1.807, 2.05) is 19.1 Å². The summed E-state index contributed by atoms with van der Waals surface area (Å²) < 4.78 is 26.8. The van der Waals surface area contributed by atoms with Crippen LogP contribution in [0.15, 0.2) is 56.2 Å². The lowest BCUT2D eigenvalue weighted by Gasteiger charge is -2.41. The van der Waals surface area contributed by atoms with Crippen molar-refractivity contribution in [1.29, 1.82) is 0 Å². The molecule has 35 heavy (non-hydrogen) atoms. The summed E-state index contributed by atoms with van der Waals surface area (Å²) in [5.74, 6) is -0.393. The van der Waals surface area contributed by atoms with Crippen LogP contribution >= 0.6 is 15.9 Å². The van der Waals surface area contributed by atoms with Crippen LogP contribution in [-0.4, -0.2) is 55.5 Å². The maximum atomic E-state index is 13.0. The Bertz CT molecular complexity index is 953. The van der Waals surface area contributed by atoms with E-state index in [9.17, 15) is 8.78 Å². The number of hydrogen-bond acceptors (Lipinski definition) is 4. The quantitative estimate of drug-likeness (QED) is 0.359. The van der Waals surface area contributed by atoms with Gasteiger partial charge < -0.3 is 10.2 Å². The van der Waals surface area contributed by atoms with Crippen molar-refractivity contribution in [2.24, 2.45) is 15.9 Å². The van der Waals surface area contributed by atoms with Crippen molar-refractivity contribution in [2.45, 2.75) is 77.8 Å². The van der Waals surface area contributed by atoms with Crippen molar-refractivity contribution in [3.8, 4) is 0 Å². The molecule has 0 atom stereocenters. The number of halogens is 3. The van der Waals surface area contributed by atoms with Crippen molar-refractivity contribution >= 4 is 27.9 Å². The van der Waals surface area contributed by atoms with Gasteiger partial charge in [-0.2, -0.15) is 0 Å². The molecular formula is C28H39BrF2N4. The molecular weight excluding hydrogens is 510 g/mol. The van der Waals surface area contributed by atoms with E-state index in [-0.39, 0.29) is 0 Å². The summed E-state index contributed by atoms with van der Waals surface area (Å²) in [5, 5.41) is 3.71. The highest BCUT2D eigenvalue weighted by Crippen LogP contribution is 2.32. The third-order valence-corrected chi connectivity index (χ3v) is 8.00. The Morgan fingerprint density at radius 1 is 1.09 bits per heavy atom. The Kier molecular flexibility index (Phi) is 10.7. The van der Waals surface area contributed by atoms with Crippen molar-refractivity contribution < 1.29 is 8.78 Å². The third-order valence-electron chi connectivity index (χ3n) is 7.23. The van der Waals surface area contributed by atoms with Crippen LogP contribution in [0.25, 0.3) is 0 Å². The molecule has 1 aromatic carbocycles. The minimum Gasteiger partial charge on any atom is -0.386 e. The molecule has 2 fully saturated rings. The molecule has 1 aromatic rings. The van der Waals surface area contributed by atoms with Gasteiger partial charge in [-0.05, 0) is 86.9 Å². The van der Waals surface area contributed by atoms with Crippen LogP contribution < -0.4 is 5.32 Å². The third kappa shape index (κ3) is 8.07. The molecule has 1 N–H and O–H groups in total. The first kappa shape index (κ1) is 27.7. The lowest BCUT2D eigenvalue weighted by molar-refractivity contribution is 0.0283. The van der Waals surface area contributed by atoms with E-state index in [4.69, 9.17) is 4.99 Å². The van der Waals surface area contributed by atoms with E-state index < -0.39 is 12.3 Å². The normalized spacial score (nSPS) is 24.2. The number of benzene rings is 1. The van der Waals surface area contributed by atoms with Gasteiger partial charge in [0.2, 0.25) is 6.43 Å².